The molecule has 2 aromatic rings. The molecule has 0 fully saturated rings. The molecule has 24 heavy (non-hydrogen) atoms. The molecule has 0 aliphatic heterocycles. The van der Waals surface area contributed by atoms with Gasteiger partial charge in [-0.15, -0.1) is 0 Å². The minimum atomic E-state index is -0.798. The van der Waals surface area contributed by atoms with Crippen molar-refractivity contribution < 1.29 is 14.0 Å². The second kappa shape index (κ2) is 7.73. The highest BCUT2D eigenvalue weighted by atomic mass is 19.1. The first-order valence-corrected chi connectivity index (χ1v) is 7.74. The lowest BCUT2D eigenvalue weighted by Gasteiger charge is -2.16. The predicted octanol–water partition coefficient (Wildman–Crippen LogP) is 2.20. The molecule has 2 rings (SSSR count). The molecule has 3 N–H and O–H groups in total. The quantitative estimate of drug-likeness (QED) is 0.853. The van der Waals surface area contributed by atoms with E-state index in [1.807, 2.05) is 32.0 Å². The summed E-state index contributed by atoms with van der Waals surface area (Å²) in [5, 5.41) is 2.63. The van der Waals surface area contributed by atoms with E-state index >= 15 is 0 Å². The number of carbonyl (C=O) groups excluding carboxylic acids is 2. The third kappa shape index (κ3) is 4.91. The third-order valence-electron chi connectivity index (χ3n) is 3.94. The van der Waals surface area contributed by atoms with Crippen LogP contribution in [0.25, 0.3) is 0 Å². The average molecular weight is 328 g/mol. The molecule has 0 saturated carbocycles. The Labute approximate surface area is 140 Å². The predicted molar refractivity (Wildman–Crippen MR) is 90.8 cm³/mol. The van der Waals surface area contributed by atoms with Crippen LogP contribution >= 0.6 is 0 Å². The molecule has 2 amide bonds. The largest absolute Gasteiger partial charge is 0.368 e. The maximum Gasteiger partial charge on any atom is 0.240 e. The number of amides is 2. The fourth-order valence-electron chi connectivity index (χ4n) is 2.47. The van der Waals surface area contributed by atoms with Crippen molar-refractivity contribution in [2.24, 2.45) is 5.73 Å². The van der Waals surface area contributed by atoms with Gasteiger partial charge in [-0.2, -0.15) is 0 Å². The highest BCUT2D eigenvalue weighted by Crippen LogP contribution is 2.12. The van der Waals surface area contributed by atoms with E-state index in [9.17, 15) is 14.0 Å². The SMILES string of the molecule is Cc1ccc(C[C@H](NC(=O)Cc2cccc(F)c2)C(N)=O)cc1C. The van der Waals surface area contributed by atoms with Crippen molar-refractivity contribution in [3.63, 3.8) is 0 Å². The zero-order valence-electron chi connectivity index (χ0n) is 13.8. The van der Waals surface area contributed by atoms with Gasteiger partial charge >= 0.3 is 0 Å². The lowest BCUT2D eigenvalue weighted by atomic mass is 10.0. The third-order valence-corrected chi connectivity index (χ3v) is 3.94. The normalized spacial score (nSPS) is 11.8. The van der Waals surface area contributed by atoms with Crippen molar-refractivity contribution in [3.05, 3.63) is 70.5 Å². The molecule has 0 aromatic heterocycles. The van der Waals surface area contributed by atoms with Crippen LogP contribution in [0.15, 0.2) is 42.5 Å². The van der Waals surface area contributed by atoms with Gasteiger partial charge in [-0.3, -0.25) is 9.59 Å². The highest BCUT2D eigenvalue weighted by Gasteiger charge is 2.19. The van der Waals surface area contributed by atoms with Gasteiger partial charge in [-0.05, 0) is 48.2 Å². The Balaban J connectivity index is 2.03. The maximum absolute atomic E-state index is 13.2. The molecule has 4 nitrogen and oxygen atoms in total. The lowest BCUT2D eigenvalue weighted by molar-refractivity contribution is -0.127. The van der Waals surface area contributed by atoms with Crippen LogP contribution in [0, 0.1) is 19.7 Å². The minimum Gasteiger partial charge on any atom is -0.368 e. The van der Waals surface area contributed by atoms with E-state index in [4.69, 9.17) is 5.73 Å². The first kappa shape index (κ1) is 17.7. The fraction of sp³-hybridized carbons (Fsp3) is 0.263. The van der Waals surface area contributed by atoms with E-state index < -0.39 is 17.8 Å². The molecule has 0 radical (unpaired) electrons. The first-order valence-electron chi connectivity index (χ1n) is 7.74. The lowest BCUT2D eigenvalue weighted by Crippen LogP contribution is -2.46. The number of hydrogen-bond acceptors (Lipinski definition) is 2. The summed E-state index contributed by atoms with van der Waals surface area (Å²) in [4.78, 5) is 23.8. The van der Waals surface area contributed by atoms with Gasteiger partial charge in [0.2, 0.25) is 11.8 Å². The maximum atomic E-state index is 13.2. The summed E-state index contributed by atoms with van der Waals surface area (Å²) in [6, 6.07) is 10.9. The second-order valence-electron chi connectivity index (χ2n) is 5.95. The van der Waals surface area contributed by atoms with E-state index in [1.165, 1.54) is 12.1 Å². The molecule has 126 valence electrons. The standard InChI is InChI=1S/C19H21FN2O2/c1-12-6-7-15(8-13(12)2)10-17(19(21)24)22-18(23)11-14-4-3-5-16(20)9-14/h3-9,17H,10-11H2,1-2H3,(H2,21,24)(H,22,23)/t17-/m0/s1. The van der Waals surface area contributed by atoms with Crippen LogP contribution < -0.4 is 11.1 Å². The Morgan fingerprint density at radius 2 is 1.83 bits per heavy atom. The molecule has 0 aliphatic rings. The van der Waals surface area contributed by atoms with Gasteiger partial charge in [-0.25, -0.2) is 4.39 Å². The molecular weight excluding hydrogens is 307 g/mol. The second-order valence-corrected chi connectivity index (χ2v) is 5.95. The Bertz CT molecular complexity index is 759. The van der Waals surface area contributed by atoms with Gasteiger partial charge in [-0.1, -0.05) is 30.3 Å². The number of hydrogen-bond donors (Lipinski definition) is 2. The molecule has 0 unspecified atom stereocenters. The number of carbonyl (C=O) groups is 2. The Kier molecular flexibility index (Phi) is 5.68. The summed E-state index contributed by atoms with van der Waals surface area (Å²) in [5.74, 6) is -1.36. The van der Waals surface area contributed by atoms with Gasteiger partial charge in [0.15, 0.2) is 0 Å². The number of benzene rings is 2. The number of primary amides is 1. The highest BCUT2D eigenvalue weighted by molar-refractivity contribution is 5.87. The average Bonchev–Trinajstić information content (AvgIpc) is 2.50. The Morgan fingerprint density at radius 1 is 1.08 bits per heavy atom. The summed E-state index contributed by atoms with van der Waals surface area (Å²) >= 11 is 0. The topological polar surface area (TPSA) is 72.2 Å². The number of nitrogens with one attached hydrogen (secondary N) is 1. The first-order chi connectivity index (χ1) is 11.3. The van der Waals surface area contributed by atoms with Gasteiger partial charge in [0, 0.05) is 6.42 Å². The molecular formula is C19H21FN2O2. The molecule has 2 aromatic carbocycles. The zero-order chi connectivity index (χ0) is 17.7. The minimum absolute atomic E-state index is 0.00549. The van der Waals surface area contributed by atoms with Crippen molar-refractivity contribution in [3.8, 4) is 0 Å². The molecule has 0 aliphatic carbocycles. The van der Waals surface area contributed by atoms with Crippen LogP contribution in [0.1, 0.15) is 22.3 Å². The summed E-state index contributed by atoms with van der Waals surface area (Å²) in [6.07, 6.45) is 0.319. The van der Waals surface area contributed by atoms with E-state index in [0.717, 1.165) is 16.7 Å². The van der Waals surface area contributed by atoms with E-state index in [0.29, 0.717) is 12.0 Å². The monoisotopic (exact) mass is 328 g/mol. The van der Waals surface area contributed by atoms with Crippen molar-refractivity contribution >= 4 is 11.8 Å². The van der Waals surface area contributed by atoms with Crippen molar-refractivity contribution in [2.45, 2.75) is 32.7 Å². The van der Waals surface area contributed by atoms with Crippen LogP contribution in [0.3, 0.4) is 0 Å². The summed E-state index contributed by atoms with van der Waals surface area (Å²) in [5.41, 5.74) is 9.14. The van der Waals surface area contributed by atoms with E-state index in [2.05, 4.69) is 5.32 Å². The van der Waals surface area contributed by atoms with Crippen molar-refractivity contribution in [2.75, 3.05) is 0 Å². The van der Waals surface area contributed by atoms with E-state index in [1.54, 1.807) is 12.1 Å². The molecule has 0 spiro atoms. The Hall–Kier alpha value is -2.69. The van der Waals surface area contributed by atoms with Gasteiger partial charge in [0.1, 0.15) is 11.9 Å². The molecule has 0 heterocycles. The summed E-state index contributed by atoms with van der Waals surface area (Å²) < 4.78 is 13.2. The van der Waals surface area contributed by atoms with Gasteiger partial charge < -0.3 is 11.1 Å². The van der Waals surface area contributed by atoms with Crippen LogP contribution in [0.2, 0.25) is 0 Å². The smallest absolute Gasteiger partial charge is 0.240 e. The summed E-state index contributed by atoms with van der Waals surface area (Å²) in [6.45, 7) is 3.99. The van der Waals surface area contributed by atoms with Crippen molar-refractivity contribution in [1.82, 2.24) is 5.32 Å². The molecule has 0 saturated heterocycles. The zero-order valence-corrected chi connectivity index (χ0v) is 13.8. The molecule has 1 atom stereocenters. The molecule has 0 bridgehead atoms. The summed E-state index contributed by atoms with van der Waals surface area (Å²) in [7, 11) is 0. The van der Waals surface area contributed by atoms with E-state index in [-0.39, 0.29) is 12.3 Å². The number of rotatable bonds is 6. The van der Waals surface area contributed by atoms with Crippen LogP contribution in [-0.2, 0) is 22.4 Å². The number of aryl methyl sites for hydroxylation is 2. The van der Waals surface area contributed by atoms with Crippen LogP contribution in [-0.4, -0.2) is 17.9 Å². The van der Waals surface area contributed by atoms with Crippen LogP contribution in [0.5, 0.6) is 0 Å². The van der Waals surface area contributed by atoms with Gasteiger partial charge in [0.25, 0.3) is 0 Å². The number of halogens is 1. The van der Waals surface area contributed by atoms with Gasteiger partial charge in [0.05, 0.1) is 6.42 Å². The molecule has 5 heteroatoms. The van der Waals surface area contributed by atoms with Crippen molar-refractivity contribution in [1.29, 1.82) is 0 Å². The van der Waals surface area contributed by atoms with Crippen LogP contribution in [0.4, 0.5) is 4.39 Å². The Morgan fingerprint density at radius 3 is 2.46 bits per heavy atom. The number of nitrogens with two attached hydrogens (primary N) is 1. The fourth-order valence-corrected chi connectivity index (χ4v) is 2.47.